The van der Waals surface area contributed by atoms with E-state index >= 15 is 0 Å². The Morgan fingerprint density at radius 2 is 1.87 bits per heavy atom. The molecule has 0 aliphatic carbocycles. The number of aromatic nitrogens is 2. The number of methoxy groups -OCH3 is 1. The van der Waals surface area contributed by atoms with Gasteiger partial charge in [0.2, 0.25) is 5.88 Å². The Labute approximate surface area is 181 Å². The summed E-state index contributed by atoms with van der Waals surface area (Å²) in [5.74, 6) is 0.708. The first-order valence-electron chi connectivity index (χ1n) is 8.95. The summed E-state index contributed by atoms with van der Waals surface area (Å²) in [7, 11) is 3.13. The van der Waals surface area contributed by atoms with E-state index in [2.05, 4.69) is 4.98 Å². The number of fused-ring (bicyclic) bond motifs is 1. The van der Waals surface area contributed by atoms with Gasteiger partial charge in [0.05, 0.1) is 12.0 Å². The number of aryl methyl sites for hydroxylation is 1. The molecule has 4 rings (SSSR count). The summed E-state index contributed by atoms with van der Waals surface area (Å²) in [6.45, 7) is 1.86. The summed E-state index contributed by atoms with van der Waals surface area (Å²) >= 11 is 6.32. The highest BCUT2D eigenvalue weighted by molar-refractivity contribution is 8.26. The van der Waals surface area contributed by atoms with Crippen molar-refractivity contribution in [1.82, 2.24) is 14.3 Å². The van der Waals surface area contributed by atoms with E-state index in [1.165, 1.54) is 22.5 Å². The van der Waals surface area contributed by atoms with E-state index in [1.54, 1.807) is 37.5 Å². The molecule has 1 aliphatic rings. The zero-order valence-corrected chi connectivity index (χ0v) is 18.0. The number of likely N-dealkylation sites (N-methyl/N-ethyl adjacent to an activating group) is 1. The summed E-state index contributed by atoms with van der Waals surface area (Å²) in [5, 5.41) is 0. The molecule has 7 nitrogen and oxygen atoms in total. The molecule has 9 heteroatoms. The van der Waals surface area contributed by atoms with Crippen molar-refractivity contribution < 1.29 is 14.3 Å². The number of hydrogen-bond acceptors (Lipinski definition) is 7. The van der Waals surface area contributed by atoms with Crippen LogP contribution >= 0.6 is 24.0 Å². The molecule has 0 unspecified atom stereocenters. The lowest BCUT2D eigenvalue weighted by Gasteiger charge is -2.13. The van der Waals surface area contributed by atoms with Crippen molar-refractivity contribution in [2.45, 2.75) is 6.92 Å². The second kappa shape index (κ2) is 7.92. The zero-order valence-electron chi connectivity index (χ0n) is 16.4. The van der Waals surface area contributed by atoms with Gasteiger partial charge in [-0.15, -0.1) is 0 Å². The molecule has 2 aromatic heterocycles. The van der Waals surface area contributed by atoms with Crippen LogP contribution in [-0.2, 0) is 4.79 Å². The van der Waals surface area contributed by atoms with E-state index in [0.29, 0.717) is 26.4 Å². The van der Waals surface area contributed by atoms with Crippen LogP contribution in [0.1, 0.15) is 11.1 Å². The third-order valence-electron chi connectivity index (χ3n) is 4.59. The normalized spacial score (nSPS) is 15.3. The Kier molecular flexibility index (Phi) is 5.31. The molecule has 0 bridgehead atoms. The van der Waals surface area contributed by atoms with E-state index in [-0.39, 0.29) is 22.9 Å². The fourth-order valence-corrected chi connectivity index (χ4v) is 4.14. The number of carbonyl (C=O) groups excluding carboxylic acids is 1. The van der Waals surface area contributed by atoms with Gasteiger partial charge in [0.15, 0.2) is 11.5 Å². The Morgan fingerprint density at radius 3 is 2.53 bits per heavy atom. The lowest BCUT2D eigenvalue weighted by molar-refractivity contribution is -0.121. The van der Waals surface area contributed by atoms with Crippen molar-refractivity contribution in [2.75, 3.05) is 14.2 Å². The second-order valence-corrected chi connectivity index (χ2v) is 8.19. The number of hydrogen-bond donors (Lipinski definition) is 0. The first kappa shape index (κ1) is 20.1. The zero-order chi connectivity index (χ0) is 21.4. The standard InChI is InChI=1S/C21H17N3O4S2/c1-12-7-6-10-24-17(12)22-18(28-15-9-5-4-8-14(15)27-3)13(19(24)25)11-16-20(26)23(2)21(29)30-16/h4-11H,1-3H3. The second-order valence-electron chi connectivity index (χ2n) is 6.51. The summed E-state index contributed by atoms with van der Waals surface area (Å²) in [5.41, 5.74) is 1.08. The lowest BCUT2D eigenvalue weighted by Crippen LogP contribution is -2.23. The molecular weight excluding hydrogens is 422 g/mol. The van der Waals surface area contributed by atoms with Crippen LogP contribution in [-0.4, -0.2) is 38.7 Å². The van der Waals surface area contributed by atoms with Crippen LogP contribution in [0.25, 0.3) is 11.7 Å². The minimum Gasteiger partial charge on any atom is -0.493 e. The molecule has 1 fully saturated rings. The van der Waals surface area contributed by atoms with Gasteiger partial charge in [0, 0.05) is 13.2 Å². The molecule has 1 aliphatic heterocycles. The molecule has 1 saturated heterocycles. The van der Waals surface area contributed by atoms with Gasteiger partial charge in [-0.2, -0.15) is 4.98 Å². The number of benzene rings is 1. The van der Waals surface area contributed by atoms with Crippen LogP contribution in [0, 0.1) is 6.92 Å². The molecule has 3 heterocycles. The maximum atomic E-state index is 13.3. The molecule has 152 valence electrons. The maximum Gasteiger partial charge on any atom is 0.269 e. The van der Waals surface area contributed by atoms with Crippen LogP contribution in [0.2, 0.25) is 0 Å². The number of rotatable bonds is 4. The summed E-state index contributed by atoms with van der Waals surface area (Å²) < 4.78 is 13.2. The van der Waals surface area contributed by atoms with Gasteiger partial charge in [-0.3, -0.25) is 18.9 Å². The van der Waals surface area contributed by atoms with E-state index < -0.39 is 0 Å². The number of nitrogens with zero attached hydrogens (tertiary/aromatic N) is 3. The third kappa shape index (κ3) is 3.46. The minimum absolute atomic E-state index is 0.0835. The predicted octanol–water partition coefficient (Wildman–Crippen LogP) is 3.63. The number of pyridine rings is 1. The van der Waals surface area contributed by atoms with Crippen LogP contribution in [0.4, 0.5) is 0 Å². The van der Waals surface area contributed by atoms with E-state index in [0.717, 1.165) is 17.3 Å². The molecule has 0 atom stereocenters. The van der Waals surface area contributed by atoms with Crippen LogP contribution in [0.5, 0.6) is 17.4 Å². The summed E-state index contributed by atoms with van der Waals surface area (Å²) in [4.78, 5) is 32.1. The van der Waals surface area contributed by atoms with Crippen LogP contribution in [0.3, 0.4) is 0 Å². The third-order valence-corrected chi connectivity index (χ3v) is 6.07. The average Bonchev–Trinajstić information content (AvgIpc) is 2.98. The number of ether oxygens (including phenoxy) is 2. The van der Waals surface area contributed by atoms with Gasteiger partial charge in [-0.25, -0.2) is 0 Å². The van der Waals surface area contributed by atoms with E-state index in [1.807, 2.05) is 19.1 Å². The molecular formula is C21H17N3O4S2. The fraction of sp³-hybridized carbons (Fsp3) is 0.143. The van der Waals surface area contributed by atoms with E-state index in [4.69, 9.17) is 21.7 Å². The Hall–Kier alpha value is -3.17. The first-order valence-corrected chi connectivity index (χ1v) is 10.2. The Morgan fingerprint density at radius 1 is 1.13 bits per heavy atom. The molecule has 30 heavy (non-hydrogen) atoms. The van der Waals surface area contributed by atoms with Gasteiger partial charge in [-0.1, -0.05) is 42.2 Å². The summed E-state index contributed by atoms with van der Waals surface area (Å²) in [6.07, 6.45) is 3.12. The molecule has 0 N–H and O–H groups in total. The number of carbonyl (C=O) groups is 1. The topological polar surface area (TPSA) is 73.1 Å². The SMILES string of the molecule is COc1ccccc1Oc1nc2c(C)cccn2c(=O)c1C=C1SC(=S)N(C)C1=O. The molecule has 0 radical (unpaired) electrons. The fourth-order valence-electron chi connectivity index (χ4n) is 2.98. The number of amides is 1. The molecule has 0 spiro atoms. The maximum absolute atomic E-state index is 13.3. The van der Waals surface area contributed by atoms with Crippen LogP contribution in [0.15, 0.2) is 52.3 Å². The van der Waals surface area contributed by atoms with Gasteiger partial charge < -0.3 is 9.47 Å². The highest BCUT2D eigenvalue weighted by Crippen LogP contribution is 2.35. The van der Waals surface area contributed by atoms with Crippen molar-refractivity contribution >= 4 is 45.9 Å². The predicted molar refractivity (Wildman–Crippen MR) is 120 cm³/mol. The lowest BCUT2D eigenvalue weighted by atomic mass is 10.2. The van der Waals surface area contributed by atoms with Gasteiger partial charge >= 0.3 is 0 Å². The molecule has 3 aromatic rings. The highest BCUT2D eigenvalue weighted by atomic mass is 32.2. The minimum atomic E-state index is -0.352. The molecule has 0 saturated carbocycles. The average molecular weight is 440 g/mol. The Bertz CT molecular complexity index is 1280. The first-order chi connectivity index (χ1) is 14.4. The van der Waals surface area contributed by atoms with Gasteiger partial charge in [-0.05, 0) is 36.8 Å². The van der Waals surface area contributed by atoms with Gasteiger partial charge in [0.25, 0.3) is 11.5 Å². The smallest absolute Gasteiger partial charge is 0.269 e. The van der Waals surface area contributed by atoms with E-state index in [9.17, 15) is 9.59 Å². The quantitative estimate of drug-likeness (QED) is 0.454. The highest BCUT2D eigenvalue weighted by Gasteiger charge is 2.30. The van der Waals surface area contributed by atoms with Crippen LogP contribution < -0.4 is 15.0 Å². The summed E-state index contributed by atoms with van der Waals surface area (Å²) in [6, 6.07) is 10.7. The van der Waals surface area contributed by atoms with Crippen molar-refractivity contribution in [3.8, 4) is 17.4 Å². The van der Waals surface area contributed by atoms with Gasteiger partial charge in [0.1, 0.15) is 15.5 Å². The molecule has 1 amide bonds. The monoisotopic (exact) mass is 439 g/mol. The number of thioether (sulfide) groups is 1. The number of para-hydroxylation sites is 2. The largest absolute Gasteiger partial charge is 0.493 e. The van der Waals surface area contributed by atoms with Crippen molar-refractivity contribution in [3.05, 3.63) is 69.0 Å². The Balaban J connectivity index is 1.95. The van der Waals surface area contributed by atoms with Crippen molar-refractivity contribution in [2.24, 2.45) is 0 Å². The van der Waals surface area contributed by atoms with Crippen molar-refractivity contribution in [1.29, 1.82) is 0 Å². The van der Waals surface area contributed by atoms with Crippen molar-refractivity contribution in [3.63, 3.8) is 0 Å². The number of thiocarbonyl (C=S) groups is 1. The molecule has 1 aromatic carbocycles.